The van der Waals surface area contributed by atoms with Crippen molar-refractivity contribution in [2.45, 2.75) is 19.3 Å². The van der Waals surface area contributed by atoms with E-state index in [1.807, 2.05) is 6.08 Å². The number of carbonyl (C=O) groups excluding carboxylic acids is 2. The Morgan fingerprint density at radius 1 is 1.39 bits per heavy atom. The molecule has 0 fully saturated rings. The first kappa shape index (κ1) is 17.3. The number of carbonyl (C=O) groups is 2. The average Bonchev–Trinajstić information content (AvgIpc) is 2.55. The lowest BCUT2D eigenvalue weighted by atomic mass is 9.93. The second kappa shape index (κ2) is 8.02. The number of nitrogens with zero attached hydrogens (tertiary/aromatic N) is 1. The Kier molecular flexibility index (Phi) is 6.04. The van der Waals surface area contributed by atoms with E-state index in [4.69, 9.17) is 16.3 Å². The molecule has 23 heavy (non-hydrogen) atoms. The van der Waals surface area contributed by atoms with Gasteiger partial charge in [0.1, 0.15) is 5.75 Å². The summed E-state index contributed by atoms with van der Waals surface area (Å²) in [4.78, 5) is 26.0. The number of anilines is 1. The minimum atomic E-state index is -0.284. The first-order valence-corrected chi connectivity index (χ1v) is 7.92. The van der Waals surface area contributed by atoms with E-state index >= 15 is 0 Å². The van der Waals surface area contributed by atoms with Crippen molar-refractivity contribution >= 4 is 29.1 Å². The number of rotatable bonds is 5. The minimum Gasteiger partial charge on any atom is -0.495 e. The maximum Gasteiger partial charge on any atom is 0.244 e. The van der Waals surface area contributed by atoms with Crippen LogP contribution in [0.1, 0.15) is 19.3 Å². The van der Waals surface area contributed by atoms with Crippen LogP contribution in [0.4, 0.5) is 5.69 Å². The number of hydrogen-bond acceptors (Lipinski definition) is 3. The quantitative estimate of drug-likeness (QED) is 0.840. The maximum atomic E-state index is 12.3. The van der Waals surface area contributed by atoms with Crippen LogP contribution in [-0.2, 0) is 9.59 Å². The highest BCUT2D eigenvalue weighted by Crippen LogP contribution is 2.27. The Morgan fingerprint density at radius 2 is 2.17 bits per heavy atom. The Balaban J connectivity index is 1.95. The molecule has 1 aromatic carbocycles. The number of halogens is 1. The van der Waals surface area contributed by atoms with Gasteiger partial charge in [0, 0.05) is 18.0 Å². The fourth-order valence-electron chi connectivity index (χ4n) is 2.59. The van der Waals surface area contributed by atoms with Crippen LogP contribution in [0.15, 0.2) is 30.4 Å². The number of allylic oxidation sites excluding steroid dienone is 2. The van der Waals surface area contributed by atoms with E-state index in [-0.39, 0.29) is 24.3 Å². The highest BCUT2D eigenvalue weighted by molar-refractivity contribution is 6.31. The van der Waals surface area contributed by atoms with E-state index in [1.165, 1.54) is 12.0 Å². The first-order chi connectivity index (χ1) is 11.0. The topological polar surface area (TPSA) is 58.6 Å². The normalized spacial score (nSPS) is 16.7. The van der Waals surface area contributed by atoms with Crippen molar-refractivity contribution in [1.29, 1.82) is 0 Å². The van der Waals surface area contributed by atoms with E-state index in [0.717, 1.165) is 19.3 Å². The van der Waals surface area contributed by atoms with E-state index in [1.54, 1.807) is 25.2 Å². The van der Waals surface area contributed by atoms with Gasteiger partial charge < -0.3 is 15.0 Å². The Bertz CT molecular complexity index is 616. The van der Waals surface area contributed by atoms with Gasteiger partial charge in [0.15, 0.2) is 0 Å². The second-order valence-electron chi connectivity index (χ2n) is 5.57. The summed E-state index contributed by atoms with van der Waals surface area (Å²) in [6, 6.07) is 4.98. The summed E-state index contributed by atoms with van der Waals surface area (Å²) in [6.45, 7) is -0.00524. The largest absolute Gasteiger partial charge is 0.495 e. The third-order valence-electron chi connectivity index (χ3n) is 3.81. The van der Waals surface area contributed by atoms with Crippen molar-refractivity contribution in [2.75, 3.05) is 26.0 Å². The molecule has 0 unspecified atom stereocenters. The summed E-state index contributed by atoms with van der Waals surface area (Å²) in [6.07, 6.45) is 6.60. The lowest BCUT2D eigenvalue weighted by Crippen LogP contribution is -2.38. The van der Waals surface area contributed by atoms with E-state index in [2.05, 4.69) is 11.4 Å². The van der Waals surface area contributed by atoms with Crippen molar-refractivity contribution in [3.63, 3.8) is 0 Å². The van der Waals surface area contributed by atoms with Gasteiger partial charge in [-0.05, 0) is 37.5 Å². The number of likely N-dealkylation sites (N-methyl/N-ethyl adjacent to an activating group) is 1. The van der Waals surface area contributed by atoms with Crippen LogP contribution in [0.5, 0.6) is 5.75 Å². The predicted octanol–water partition coefficient (Wildman–Crippen LogP) is 3.10. The summed E-state index contributed by atoms with van der Waals surface area (Å²) >= 11 is 5.94. The molecule has 1 aliphatic rings. The molecule has 0 aromatic heterocycles. The summed E-state index contributed by atoms with van der Waals surface area (Å²) in [5, 5.41) is 3.23. The molecule has 2 rings (SSSR count). The number of nitrogens with one attached hydrogen (secondary N) is 1. The van der Waals surface area contributed by atoms with Gasteiger partial charge in [-0.2, -0.15) is 0 Å². The molecule has 0 heterocycles. The molecule has 0 bridgehead atoms. The fourth-order valence-corrected chi connectivity index (χ4v) is 2.76. The first-order valence-electron chi connectivity index (χ1n) is 7.54. The second-order valence-corrected chi connectivity index (χ2v) is 6.00. The molecule has 6 heteroatoms. The van der Waals surface area contributed by atoms with Gasteiger partial charge in [0.05, 0.1) is 19.3 Å². The SMILES string of the molecule is COc1ccc(Cl)cc1NC(=O)CN(C)C(=O)[C@H]1CC=CCC1. The Morgan fingerprint density at radius 3 is 2.83 bits per heavy atom. The molecule has 0 saturated heterocycles. The number of amides is 2. The van der Waals surface area contributed by atoms with Crippen LogP contribution in [0.2, 0.25) is 5.02 Å². The lowest BCUT2D eigenvalue weighted by Gasteiger charge is -2.24. The summed E-state index contributed by atoms with van der Waals surface area (Å²) < 4.78 is 5.19. The summed E-state index contributed by atoms with van der Waals surface area (Å²) in [5.41, 5.74) is 0.492. The molecule has 0 spiro atoms. The van der Waals surface area contributed by atoms with Gasteiger partial charge in [-0.3, -0.25) is 9.59 Å². The molecule has 5 nitrogen and oxygen atoms in total. The van der Waals surface area contributed by atoms with Crippen molar-refractivity contribution in [3.8, 4) is 5.75 Å². The zero-order valence-corrected chi connectivity index (χ0v) is 14.1. The van der Waals surface area contributed by atoms with Crippen LogP contribution in [0, 0.1) is 5.92 Å². The highest BCUT2D eigenvalue weighted by Gasteiger charge is 2.23. The van der Waals surface area contributed by atoms with Crippen LogP contribution in [0.25, 0.3) is 0 Å². The van der Waals surface area contributed by atoms with Crippen molar-refractivity contribution in [3.05, 3.63) is 35.4 Å². The molecule has 0 saturated carbocycles. The van der Waals surface area contributed by atoms with Gasteiger partial charge in [0.2, 0.25) is 11.8 Å². The van der Waals surface area contributed by atoms with Crippen LogP contribution in [0.3, 0.4) is 0 Å². The zero-order valence-electron chi connectivity index (χ0n) is 13.3. The zero-order chi connectivity index (χ0) is 16.8. The summed E-state index contributed by atoms with van der Waals surface area (Å²) in [5.74, 6) is 0.211. The molecule has 0 aliphatic heterocycles. The molecule has 1 aromatic rings. The minimum absolute atomic E-state index is 0.00237. The van der Waals surface area contributed by atoms with Crippen LogP contribution >= 0.6 is 11.6 Å². The van der Waals surface area contributed by atoms with E-state index < -0.39 is 0 Å². The van der Waals surface area contributed by atoms with Crippen LogP contribution in [-0.4, -0.2) is 37.4 Å². The van der Waals surface area contributed by atoms with Gasteiger partial charge in [0.25, 0.3) is 0 Å². The third-order valence-corrected chi connectivity index (χ3v) is 4.05. The monoisotopic (exact) mass is 336 g/mol. The number of benzene rings is 1. The number of methoxy groups -OCH3 is 1. The predicted molar refractivity (Wildman–Crippen MR) is 90.8 cm³/mol. The molecule has 0 radical (unpaired) electrons. The molecule has 2 amide bonds. The number of ether oxygens (including phenoxy) is 1. The number of hydrogen-bond donors (Lipinski definition) is 1. The van der Waals surface area contributed by atoms with Crippen LogP contribution < -0.4 is 10.1 Å². The Hall–Kier alpha value is -2.01. The van der Waals surface area contributed by atoms with Gasteiger partial charge in [-0.25, -0.2) is 0 Å². The standard InChI is InChI=1S/C17H21ClN2O3/c1-20(17(22)12-6-4-3-5-7-12)11-16(21)19-14-10-13(18)8-9-15(14)23-2/h3-4,8-10,12H,5-7,11H2,1-2H3,(H,19,21)/t12-/m0/s1. The van der Waals surface area contributed by atoms with Gasteiger partial charge in [-0.15, -0.1) is 0 Å². The fraction of sp³-hybridized carbons (Fsp3) is 0.412. The smallest absolute Gasteiger partial charge is 0.244 e. The molecule has 1 atom stereocenters. The Labute approximate surface area is 141 Å². The van der Waals surface area contributed by atoms with E-state index in [9.17, 15) is 9.59 Å². The highest BCUT2D eigenvalue weighted by atomic mass is 35.5. The van der Waals surface area contributed by atoms with Gasteiger partial charge in [-0.1, -0.05) is 23.8 Å². The van der Waals surface area contributed by atoms with Gasteiger partial charge >= 0.3 is 0 Å². The van der Waals surface area contributed by atoms with Crippen molar-refractivity contribution in [2.24, 2.45) is 5.92 Å². The van der Waals surface area contributed by atoms with E-state index in [0.29, 0.717) is 16.5 Å². The summed E-state index contributed by atoms with van der Waals surface area (Å²) in [7, 11) is 3.17. The molecule has 1 N–H and O–H groups in total. The molecule has 1 aliphatic carbocycles. The molecular formula is C17H21ClN2O3. The van der Waals surface area contributed by atoms with Crippen molar-refractivity contribution in [1.82, 2.24) is 4.90 Å². The third kappa shape index (κ3) is 4.73. The molecular weight excluding hydrogens is 316 g/mol. The molecule has 124 valence electrons. The lowest BCUT2D eigenvalue weighted by molar-refractivity contribution is -0.137. The average molecular weight is 337 g/mol. The maximum absolute atomic E-state index is 12.3. The van der Waals surface area contributed by atoms with Crippen molar-refractivity contribution < 1.29 is 14.3 Å².